The highest BCUT2D eigenvalue weighted by Gasteiger charge is 2.12. The third-order valence-corrected chi connectivity index (χ3v) is 2.51. The van der Waals surface area contributed by atoms with E-state index < -0.39 is 0 Å². The summed E-state index contributed by atoms with van der Waals surface area (Å²) in [5.74, 6) is -0.561. The largest absolute Gasteiger partial charge is 0.345 e. The minimum Gasteiger partial charge on any atom is -0.345 e. The average molecular weight is 293 g/mol. The highest BCUT2D eigenvalue weighted by Crippen LogP contribution is 2.14. The molecule has 1 aromatic rings. The number of amides is 1. The van der Waals surface area contributed by atoms with Crippen LogP contribution >= 0.6 is 22.6 Å². The van der Waals surface area contributed by atoms with Gasteiger partial charge in [-0.15, -0.1) is 0 Å². The van der Waals surface area contributed by atoms with Crippen LogP contribution in [0.15, 0.2) is 18.2 Å². The van der Waals surface area contributed by atoms with Crippen molar-refractivity contribution in [3.8, 4) is 0 Å². The predicted octanol–water partition coefficient (Wildman–Crippen LogP) is 2.13. The van der Waals surface area contributed by atoms with E-state index in [4.69, 9.17) is 0 Å². The zero-order valence-corrected chi connectivity index (χ0v) is 9.50. The fourth-order valence-corrected chi connectivity index (χ4v) is 1.47. The van der Waals surface area contributed by atoms with Gasteiger partial charge in [-0.25, -0.2) is 4.39 Å². The first-order valence-electron chi connectivity index (χ1n) is 3.69. The third-order valence-electron chi connectivity index (χ3n) is 1.56. The second kappa shape index (κ2) is 4.04. The molecule has 0 radical (unpaired) electrons. The molecule has 0 aliphatic carbocycles. The first-order valence-corrected chi connectivity index (χ1v) is 4.77. The molecule has 0 saturated heterocycles. The minimum absolute atomic E-state index is 0.177. The summed E-state index contributed by atoms with van der Waals surface area (Å²) in [6.07, 6.45) is 0. The van der Waals surface area contributed by atoms with Gasteiger partial charge in [-0.3, -0.25) is 4.79 Å². The molecule has 4 heteroatoms. The molecule has 0 unspecified atom stereocenters. The van der Waals surface area contributed by atoms with Crippen molar-refractivity contribution < 1.29 is 9.18 Å². The van der Waals surface area contributed by atoms with Gasteiger partial charge in [0.15, 0.2) is 0 Å². The van der Waals surface area contributed by atoms with Gasteiger partial charge in [0, 0.05) is 17.7 Å². The molecule has 0 N–H and O–H groups in total. The Balaban J connectivity index is 3.13. The van der Waals surface area contributed by atoms with Crippen LogP contribution in [0.3, 0.4) is 0 Å². The van der Waals surface area contributed by atoms with Crippen LogP contribution in [0.25, 0.3) is 0 Å². The molecule has 0 aliphatic rings. The van der Waals surface area contributed by atoms with Gasteiger partial charge in [-0.1, -0.05) is 0 Å². The standard InChI is InChI=1S/C9H9FINO/c1-12(2)9(13)7-5-6(10)3-4-8(7)11/h3-5H,1-2H3. The monoisotopic (exact) mass is 293 g/mol. The molecule has 70 valence electrons. The lowest BCUT2D eigenvalue weighted by molar-refractivity contribution is 0.0826. The van der Waals surface area contributed by atoms with Gasteiger partial charge >= 0.3 is 0 Å². The summed E-state index contributed by atoms with van der Waals surface area (Å²) >= 11 is 2.01. The van der Waals surface area contributed by atoms with Crippen molar-refractivity contribution in [3.05, 3.63) is 33.1 Å². The normalized spacial score (nSPS) is 9.85. The summed E-state index contributed by atoms with van der Waals surface area (Å²) in [4.78, 5) is 12.9. The maximum Gasteiger partial charge on any atom is 0.254 e. The van der Waals surface area contributed by atoms with E-state index in [-0.39, 0.29) is 11.7 Å². The molecule has 0 bridgehead atoms. The van der Waals surface area contributed by atoms with Gasteiger partial charge in [-0.2, -0.15) is 0 Å². The molecule has 0 aliphatic heterocycles. The number of benzene rings is 1. The number of nitrogens with zero attached hydrogens (tertiary/aromatic N) is 1. The molecular formula is C9H9FINO. The van der Waals surface area contributed by atoms with Crippen LogP contribution in [0.5, 0.6) is 0 Å². The van der Waals surface area contributed by atoms with Crippen molar-refractivity contribution in [2.75, 3.05) is 14.1 Å². The second-order valence-corrected chi connectivity index (χ2v) is 3.99. The van der Waals surface area contributed by atoms with Crippen molar-refractivity contribution >= 4 is 28.5 Å². The first-order chi connectivity index (χ1) is 6.02. The van der Waals surface area contributed by atoms with Gasteiger partial charge in [0.05, 0.1) is 5.56 Å². The summed E-state index contributed by atoms with van der Waals surface area (Å²) in [6.45, 7) is 0. The van der Waals surface area contributed by atoms with Gasteiger partial charge in [0.2, 0.25) is 0 Å². The Morgan fingerprint density at radius 2 is 2.08 bits per heavy atom. The number of rotatable bonds is 1. The summed E-state index contributed by atoms with van der Waals surface area (Å²) in [7, 11) is 3.28. The number of carbonyl (C=O) groups excluding carboxylic acids is 1. The van der Waals surface area contributed by atoms with E-state index in [0.717, 1.165) is 3.57 Å². The molecular weight excluding hydrogens is 284 g/mol. The van der Waals surface area contributed by atoms with Crippen LogP contribution in [-0.2, 0) is 0 Å². The van der Waals surface area contributed by atoms with Gasteiger partial charge in [0.25, 0.3) is 5.91 Å². The first kappa shape index (κ1) is 10.4. The molecule has 0 heterocycles. The number of hydrogen-bond donors (Lipinski definition) is 0. The van der Waals surface area contributed by atoms with E-state index in [1.54, 1.807) is 20.2 Å². The summed E-state index contributed by atoms with van der Waals surface area (Å²) < 4.78 is 13.6. The fraction of sp³-hybridized carbons (Fsp3) is 0.222. The van der Waals surface area contributed by atoms with E-state index in [2.05, 4.69) is 0 Å². The maximum atomic E-state index is 12.8. The molecule has 1 rings (SSSR count). The third kappa shape index (κ3) is 2.40. The zero-order valence-electron chi connectivity index (χ0n) is 7.34. The summed E-state index contributed by atoms with van der Waals surface area (Å²) in [5.41, 5.74) is 0.408. The molecule has 2 nitrogen and oxygen atoms in total. The van der Waals surface area contributed by atoms with Crippen LogP contribution in [-0.4, -0.2) is 24.9 Å². The van der Waals surface area contributed by atoms with E-state index in [1.165, 1.54) is 17.0 Å². The SMILES string of the molecule is CN(C)C(=O)c1cc(F)ccc1I. The van der Waals surface area contributed by atoms with Crippen LogP contribution in [0.1, 0.15) is 10.4 Å². The molecule has 0 spiro atoms. The van der Waals surface area contributed by atoms with E-state index in [9.17, 15) is 9.18 Å². The molecule has 0 aromatic heterocycles. The molecule has 0 atom stereocenters. The molecule has 1 aromatic carbocycles. The van der Waals surface area contributed by atoms with E-state index in [0.29, 0.717) is 5.56 Å². The number of carbonyl (C=O) groups is 1. The predicted molar refractivity (Wildman–Crippen MR) is 57.1 cm³/mol. The second-order valence-electron chi connectivity index (χ2n) is 2.82. The van der Waals surface area contributed by atoms with Gasteiger partial charge in [-0.05, 0) is 40.8 Å². The van der Waals surface area contributed by atoms with Crippen molar-refractivity contribution in [2.24, 2.45) is 0 Å². The average Bonchev–Trinajstić information content (AvgIpc) is 2.08. The van der Waals surface area contributed by atoms with Crippen LogP contribution < -0.4 is 0 Å². The Kier molecular flexibility index (Phi) is 3.24. The van der Waals surface area contributed by atoms with Crippen molar-refractivity contribution in [1.82, 2.24) is 4.90 Å². The van der Waals surface area contributed by atoms with Crippen molar-refractivity contribution in [2.45, 2.75) is 0 Å². The molecule has 1 amide bonds. The quantitative estimate of drug-likeness (QED) is 0.726. The van der Waals surface area contributed by atoms with Crippen LogP contribution in [0.4, 0.5) is 4.39 Å². The minimum atomic E-state index is -0.384. The van der Waals surface area contributed by atoms with E-state index >= 15 is 0 Å². The Morgan fingerprint density at radius 3 is 2.62 bits per heavy atom. The Labute approximate surface area is 89.9 Å². The number of hydrogen-bond acceptors (Lipinski definition) is 1. The number of halogens is 2. The lowest BCUT2D eigenvalue weighted by Gasteiger charge is -2.11. The lowest BCUT2D eigenvalue weighted by Crippen LogP contribution is -2.22. The van der Waals surface area contributed by atoms with Crippen LogP contribution in [0, 0.1) is 9.39 Å². The summed E-state index contributed by atoms with van der Waals surface area (Å²) in [5, 5.41) is 0. The highest BCUT2D eigenvalue weighted by atomic mass is 127. The smallest absolute Gasteiger partial charge is 0.254 e. The van der Waals surface area contributed by atoms with Crippen molar-refractivity contribution in [1.29, 1.82) is 0 Å². The Bertz CT molecular complexity index is 338. The zero-order chi connectivity index (χ0) is 10.0. The molecule has 0 saturated carbocycles. The maximum absolute atomic E-state index is 12.8. The Hall–Kier alpha value is -0.650. The molecule has 13 heavy (non-hydrogen) atoms. The van der Waals surface area contributed by atoms with Gasteiger partial charge in [0.1, 0.15) is 5.82 Å². The van der Waals surface area contributed by atoms with Crippen molar-refractivity contribution in [3.63, 3.8) is 0 Å². The topological polar surface area (TPSA) is 20.3 Å². The highest BCUT2D eigenvalue weighted by molar-refractivity contribution is 14.1. The summed E-state index contributed by atoms with van der Waals surface area (Å²) in [6, 6.07) is 4.19. The van der Waals surface area contributed by atoms with Crippen LogP contribution in [0.2, 0.25) is 0 Å². The van der Waals surface area contributed by atoms with E-state index in [1.807, 2.05) is 22.6 Å². The molecule has 0 fully saturated rings. The Morgan fingerprint density at radius 1 is 1.46 bits per heavy atom. The lowest BCUT2D eigenvalue weighted by atomic mass is 10.2. The fourth-order valence-electron chi connectivity index (χ4n) is 0.902. The van der Waals surface area contributed by atoms with Gasteiger partial charge < -0.3 is 4.90 Å².